The van der Waals surface area contributed by atoms with Crippen LogP contribution in [0.3, 0.4) is 0 Å². The van der Waals surface area contributed by atoms with Crippen LogP contribution in [0.5, 0.6) is 0 Å². The third-order valence-electron chi connectivity index (χ3n) is 2.84. The predicted octanol–water partition coefficient (Wildman–Crippen LogP) is 0.748. The maximum Gasteiger partial charge on any atom is 0.240 e. The molecule has 0 saturated heterocycles. The first-order valence-corrected chi connectivity index (χ1v) is 6.79. The van der Waals surface area contributed by atoms with Crippen molar-refractivity contribution in [2.75, 3.05) is 40.5 Å². The minimum atomic E-state index is -0.588. The van der Waals surface area contributed by atoms with E-state index in [-0.39, 0.29) is 0 Å². The van der Waals surface area contributed by atoms with Gasteiger partial charge in [0.15, 0.2) is 5.82 Å². The summed E-state index contributed by atoms with van der Waals surface area (Å²) in [4.78, 5) is 6.54. The van der Waals surface area contributed by atoms with E-state index in [9.17, 15) is 0 Å². The van der Waals surface area contributed by atoms with Crippen molar-refractivity contribution < 1.29 is 14.0 Å². The Bertz CT molecular complexity index is 376. The summed E-state index contributed by atoms with van der Waals surface area (Å²) in [5.41, 5.74) is 5.36. The lowest BCUT2D eigenvalue weighted by molar-refractivity contribution is 0.122. The fourth-order valence-corrected chi connectivity index (χ4v) is 1.69. The Morgan fingerprint density at radius 1 is 1.20 bits per heavy atom. The molecule has 0 amide bonds. The Morgan fingerprint density at radius 3 is 2.45 bits per heavy atom. The van der Waals surface area contributed by atoms with Crippen molar-refractivity contribution in [2.45, 2.75) is 32.4 Å². The summed E-state index contributed by atoms with van der Waals surface area (Å²) in [5.74, 6) is 1.10. The number of methoxy groups -OCH3 is 2. The summed E-state index contributed by atoms with van der Waals surface area (Å²) in [6.45, 7) is 7.39. The van der Waals surface area contributed by atoms with E-state index in [4.69, 9.17) is 19.7 Å². The average molecular weight is 286 g/mol. The van der Waals surface area contributed by atoms with Gasteiger partial charge in [0, 0.05) is 33.9 Å². The first kappa shape index (κ1) is 17.0. The van der Waals surface area contributed by atoms with E-state index in [1.54, 1.807) is 14.2 Å². The fraction of sp³-hybridized carbons (Fsp3) is 0.846. The van der Waals surface area contributed by atoms with Gasteiger partial charge in [0.25, 0.3) is 0 Å². The van der Waals surface area contributed by atoms with Gasteiger partial charge in [-0.15, -0.1) is 0 Å². The molecule has 20 heavy (non-hydrogen) atoms. The van der Waals surface area contributed by atoms with Gasteiger partial charge in [-0.1, -0.05) is 5.16 Å². The van der Waals surface area contributed by atoms with Gasteiger partial charge in [-0.05, 0) is 20.3 Å². The molecule has 7 heteroatoms. The molecule has 2 N–H and O–H groups in total. The highest BCUT2D eigenvalue weighted by atomic mass is 16.5. The quantitative estimate of drug-likeness (QED) is 0.635. The summed E-state index contributed by atoms with van der Waals surface area (Å²) in [5, 5.41) is 3.92. The highest BCUT2D eigenvalue weighted by Gasteiger charge is 2.22. The molecule has 0 aromatic carbocycles. The maximum atomic E-state index is 5.94. The lowest BCUT2D eigenvalue weighted by Crippen LogP contribution is -2.31. The van der Waals surface area contributed by atoms with Crippen molar-refractivity contribution in [3.63, 3.8) is 0 Å². The van der Waals surface area contributed by atoms with Gasteiger partial charge in [0.1, 0.15) is 0 Å². The van der Waals surface area contributed by atoms with Crippen LogP contribution in [0.2, 0.25) is 0 Å². The highest BCUT2D eigenvalue weighted by Crippen LogP contribution is 2.13. The lowest BCUT2D eigenvalue weighted by atomic mass is 10.1. The van der Waals surface area contributed by atoms with Crippen LogP contribution in [-0.2, 0) is 21.6 Å². The standard InChI is InChI=1S/C13H26N4O3/c1-13(2,14)12-15-11(20-16-12)10-17(7-9-19-4)6-5-8-18-3/h5-10,14H2,1-4H3. The van der Waals surface area contributed by atoms with E-state index in [0.29, 0.717) is 24.9 Å². The van der Waals surface area contributed by atoms with E-state index in [1.165, 1.54) is 0 Å². The van der Waals surface area contributed by atoms with E-state index in [2.05, 4.69) is 15.0 Å². The number of nitrogens with two attached hydrogens (primary N) is 1. The molecule has 0 spiro atoms. The average Bonchev–Trinajstić information content (AvgIpc) is 2.84. The molecule has 1 rings (SSSR count). The summed E-state index contributed by atoms with van der Waals surface area (Å²) >= 11 is 0. The second-order valence-corrected chi connectivity index (χ2v) is 5.35. The summed E-state index contributed by atoms with van der Waals surface area (Å²) in [7, 11) is 3.39. The molecule has 0 saturated carbocycles. The molecule has 0 radical (unpaired) electrons. The van der Waals surface area contributed by atoms with Gasteiger partial charge < -0.3 is 19.7 Å². The van der Waals surface area contributed by atoms with Crippen LogP contribution in [-0.4, -0.2) is 55.6 Å². The molecule has 7 nitrogen and oxygen atoms in total. The Kier molecular flexibility index (Phi) is 7.08. The first-order chi connectivity index (χ1) is 9.47. The zero-order valence-corrected chi connectivity index (χ0v) is 12.9. The van der Waals surface area contributed by atoms with Gasteiger partial charge in [0.05, 0.1) is 18.7 Å². The van der Waals surface area contributed by atoms with Gasteiger partial charge >= 0.3 is 0 Å². The molecule has 116 valence electrons. The van der Waals surface area contributed by atoms with Crippen LogP contribution in [0, 0.1) is 0 Å². The second-order valence-electron chi connectivity index (χ2n) is 5.35. The van der Waals surface area contributed by atoms with Crippen LogP contribution >= 0.6 is 0 Å². The van der Waals surface area contributed by atoms with Gasteiger partial charge in [-0.25, -0.2) is 0 Å². The van der Waals surface area contributed by atoms with Crippen molar-refractivity contribution in [1.82, 2.24) is 15.0 Å². The largest absolute Gasteiger partial charge is 0.385 e. The molecule has 1 heterocycles. The predicted molar refractivity (Wildman–Crippen MR) is 75.2 cm³/mol. The highest BCUT2D eigenvalue weighted by molar-refractivity contribution is 4.98. The van der Waals surface area contributed by atoms with Crippen LogP contribution in [0.4, 0.5) is 0 Å². The number of hydrogen-bond acceptors (Lipinski definition) is 7. The van der Waals surface area contributed by atoms with Crippen molar-refractivity contribution in [3.8, 4) is 0 Å². The van der Waals surface area contributed by atoms with Crippen LogP contribution in [0.15, 0.2) is 4.52 Å². The smallest absolute Gasteiger partial charge is 0.240 e. The summed E-state index contributed by atoms with van der Waals surface area (Å²) in [6, 6.07) is 0. The Hall–Kier alpha value is -1.02. The minimum Gasteiger partial charge on any atom is -0.385 e. The zero-order chi connectivity index (χ0) is 15.0. The molecule has 0 fully saturated rings. The molecule has 1 aromatic rings. The lowest BCUT2D eigenvalue weighted by Gasteiger charge is -2.19. The monoisotopic (exact) mass is 286 g/mol. The molecule has 0 atom stereocenters. The molecule has 0 aliphatic rings. The maximum absolute atomic E-state index is 5.94. The molecule has 0 aliphatic carbocycles. The molecule has 0 aliphatic heterocycles. The fourth-order valence-electron chi connectivity index (χ4n) is 1.69. The Labute approximate surface area is 120 Å². The third-order valence-corrected chi connectivity index (χ3v) is 2.84. The van der Waals surface area contributed by atoms with Crippen LogP contribution in [0.25, 0.3) is 0 Å². The molecular weight excluding hydrogens is 260 g/mol. The normalized spacial score (nSPS) is 12.3. The van der Waals surface area contributed by atoms with Crippen molar-refractivity contribution >= 4 is 0 Å². The van der Waals surface area contributed by atoms with Gasteiger partial charge in [0.2, 0.25) is 5.89 Å². The number of nitrogens with zero attached hydrogens (tertiary/aromatic N) is 3. The summed E-state index contributed by atoms with van der Waals surface area (Å²) in [6.07, 6.45) is 0.948. The Morgan fingerprint density at radius 2 is 1.90 bits per heavy atom. The first-order valence-electron chi connectivity index (χ1n) is 6.79. The van der Waals surface area contributed by atoms with Crippen LogP contribution in [0.1, 0.15) is 32.0 Å². The molecular formula is C13H26N4O3. The number of ether oxygens (including phenoxy) is 2. The van der Waals surface area contributed by atoms with Crippen molar-refractivity contribution in [2.24, 2.45) is 5.73 Å². The van der Waals surface area contributed by atoms with Crippen molar-refractivity contribution in [1.29, 1.82) is 0 Å². The van der Waals surface area contributed by atoms with Crippen LogP contribution < -0.4 is 5.73 Å². The Balaban J connectivity index is 2.56. The number of hydrogen-bond donors (Lipinski definition) is 1. The number of rotatable bonds is 10. The second kappa shape index (κ2) is 8.31. The van der Waals surface area contributed by atoms with E-state index in [0.717, 1.165) is 26.1 Å². The van der Waals surface area contributed by atoms with Gasteiger partial charge in [-0.2, -0.15) is 4.98 Å². The molecule has 0 bridgehead atoms. The summed E-state index contributed by atoms with van der Waals surface area (Å²) < 4.78 is 15.4. The van der Waals surface area contributed by atoms with Gasteiger partial charge in [-0.3, -0.25) is 4.90 Å². The van der Waals surface area contributed by atoms with E-state index in [1.807, 2.05) is 13.8 Å². The van der Waals surface area contributed by atoms with E-state index >= 15 is 0 Å². The van der Waals surface area contributed by atoms with Crippen molar-refractivity contribution in [3.05, 3.63) is 11.7 Å². The number of aromatic nitrogens is 2. The van der Waals surface area contributed by atoms with E-state index < -0.39 is 5.54 Å². The zero-order valence-electron chi connectivity index (χ0n) is 12.9. The third kappa shape index (κ3) is 5.96. The topological polar surface area (TPSA) is 86.6 Å². The molecule has 1 aromatic heterocycles. The SMILES string of the molecule is COCCCN(CCOC)Cc1nc(C(C)(C)N)no1. The molecule has 0 unspecified atom stereocenters. The minimum absolute atomic E-state index is 0.524.